The maximum absolute atomic E-state index is 14.0. The number of carbonyl (C=O) groups is 1. The number of fused-ring (bicyclic) bond motifs is 4. The molecule has 0 bridgehead atoms. The van der Waals surface area contributed by atoms with Crippen molar-refractivity contribution in [3.05, 3.63) is 71.0 Å². The molecule has 6 aliphatic rings. The zero-order valence-electron chi connectivity index (χ0n) is 30.0. The van der Waals surface area contributed by atoms with E-state index in [2.05, 4.69) is 4.98 Å². The number of hydrogen-bond acceptors (Lipinski definition) is 17. The molecular weight excluding hydrogens is 745 g/mol. The molecule has 0 saturated carbocycles. The van der Waals surface area contributed by atoms with E-state index < -0.39 is 80.7 Å². The maximum Gasteiger partial charge on any atom is 0.530 e. The number of aliphatic hydroxyl groups is 2. The monoisotopic (exact) mass is 785 g/mol. The van der Waals surface area contributed by atoms with Crippen LogP contribution >= 0.6 is 7.82 Å². The normalized spacial score (nSPS) is 36.2. The van der Waals surface area contributed by atoms with Crippen molar-refractivity contribution in [2.75, 3.05) is 40.8 Å². The Kier molecular flexibility index (Phi) is 9.64. The Morgan fingerprint density at radius 3 is 2.35 bits per heavy atom. The van der Waals surface area contributed by atoms with Crippen LogP contribution in [0.5, 0.6) is 28.7 Å². The fourth-order valence-electron chi connectivity index (χ4n) is 8.29. The number of phosphoric acid groups is 1. The first-order valence-corrected chi connectivity index (χ1v) is 19.4. The van der Waals surface area contributed by atoms with E-state index in [-0.39, 0.29) is 43.9 Å². The van der Waals surface area contributed by atoms with Gasteiger partial charge >= 0.3 is 13.8 Å². The largest absolute Gasteiger partial charge is 0.530 e. The summed E-state index contributed by atoms with van der Waals surface area (Å²) in [6, 6.07) is 10.5. The molecule has 12 atom stereocenters. The predicted octanol–water partition coefficient (Wildman–Crippen LogP) is 3.69. The summed E-state index contributed by atoms with van der Waals surface area (Å²) in [6.07, 6.45) is -3.99. The van der Waals surface area contributed by atoms with Crippen LogP contribution < -0.4 is 23.5 Å². The van der Waals surface area contributed by atoms with Crippen LogP contribution in [0.25, 0.3) is 0 Å². The molecule has 2 aromatic carbocycles. The number of esters is 1. The first-order valence-electron chi connectivity index (χ1n) is 18.0. The Morgan fingerprint density at radius 1 is 0.891 bits per heavy atom. The lowest BCUT2D eigenvalue weighted by molar-refractivity contribution is -0.364. The van der Waals surface area contributed by atoms with Crippen molar-refractivity contribution in [2.45, 2.75) is 68.5 Å². The van der Waals surface area contributed by atoms with Gasteiger partial charge in [0, 0.05) is 30.7 Å². The molecule has 0 spiro atoms. The minimum Gasteiger partial charge on any atom is -0.493 e. The predicted molar refractivity (Wildman–Crippen MR) is 184 cm³/mol. The number of hydrogen-bond donors (Lipinski definition) is 2. The van der Waals surface area contributed by atoms with Crippen molar-refractivity contribution in [1.29, 1.82) is 0 Å². The molecule has 9 rings (SSSR count). The summed E-state index contributed by atoms with van der Waals surface area (Å²) in [5, 5.41) is 22.3. The minimum absolute atomic E-state index is 0.00826. The van der Waals surface area contributed by atoms with Gasteiger partial charge in [-0.1, -0.05) is 0 Å². The number of aromatic nitrogens is 1. The molecule has 0 amide bonds. The molecule has 4 saturated heterocycles. The van der Waals surface area contributed by atoms with Gasteiger partial charge in [0.25, 0.3) is 0 Å². The quantitative estimate of drug-likeness (QED) is 0.247. The van der Waals surface area contributed by atoms with Crippen LogP contribution in [0.4, 0.5) is 0 Å². The number of carbonyl (C=O) groups excluding carboxylic acids is 1. The number of methoxy groups -OCH3 is 2. The molecule has 18 heteroatoms. The van der Waals surface area contributed by atoms with Gasteiger partial charge in [0.05, 0.1) is 52.2 Å². The Balaban J connectivity index is 1.08. The van der Waals surface area contributed by atoms with Gasteiger partial charge in [-0.2, -0.15) is 0 Å². The molecule has 17 nitrogen and oxygen atoms in total. The molecule has 294 valence electrons. The lowest BCUT2D eigenvalue weighted by Crippen LogP contribution is -2.63. The molecule has 2 unspecified atom stereocenters. The molecule has 2 N–H and O–H groups in total. The second-order valence-electron chi connectivity index (χ2n) is 14.0. The SMILES string of the molecule is COc1cc([C@@H]2c3cc4c(cc3[C@@H](O[C@@H]3O[C@@H]5CO[C@@H](C)O[C@H]5[C@H](O)[C@H]3O)[C@H]3COC(=O)[C@H]23)OCO4)cc(OC)c1OP1(=O)OCCC(c2ccncc2)O1. The van der Waals surface area contributed by atoms with Crippen LogP contribution in [0.15, 0.2) is 48.8 Å². The van der Waals surface area contributed by atoms with Crippen LogP contribution in [-0.4, -0.2) is 99.0 Å². The standard InChI is InChI=1S/C37H40NO16P/c1-17-45-15-28-35(50-17)31(39)32(40)37(51-28)52-33-21-13-25-24(47-16-48-25)12-20(21)29(30-22(33)14-46-36(30)41)19-10-26(43-2)34(27(11-19)44-3)54-55(42)49-9-6-23(53-55)18-4-7-38-8-5-18/h4-5,7-8,10-13,17,22-23,28-33,35,37,39-40H,6,9,14-16H2,1-3H3/t17-,22+,23?,28-,29-,30+,31-,32-,33-,35-,37+,55?/m1/s1. The third-order valence-electron chi connectivity index (χ3n) is 10.9. The zero-order chi connectivity index (χ0) is 38.0. The summed E-state index contributed by atoms with van der Waals surface area (Å²) < 4.78 is 84.3. The minimum atomic E-state index is -4.19. The van der Waals surface area contributed by atoms with Crippen molar-refractivity contribution in [3.63, 3.8) is 0 Å². The summed E-state index contributed by atoms with van der Waals surface area (Å²) in [7, 11) is -1.35. The Labute approximate surface area is 315 Å². The average molecular weight is 786 g/mol. The smallest absolute Gasteiger partial charge is 0.493 e. The molecule has 1 aliphatic carbocycles. The summed E-state index contributed by atoms with van der Waals surface area (Å²) in [5.41, 5.74) is 2.61. The van der Waals surface area contributed by atoms with Crippen LogP contribution in [-0.2, 0) is 42.1 Å². The highest BCUT2D eigenvalue weighted by Gasteiger charge is 2.56. The van der Waals surface area contributed by atoms with Gasteiger partial charge in [-0.25, -0.2) is 4.57 Å². The lowest BCUT2D eigenvalue weighted by atomic mass is 9.66. The third kappa shape index (κ3) is 6.50. The molecule has 1 aromatic heterocycles. The highest BCUT2D eigenvalue weighted by atomic mass is 31.2. The second-order valence-corrected chi connectivity index (χ2v) is 15.5. The number of benzene rings is 2. The van der Waals surface area contributed by atoms with Crippen molar-refractivity contribution in [2.24, 2.45) is 11.8 Å². The van der Waals surface area contributed by atoms with Gasteiger partial charge < -0.3 is 57.4 Å². The number of phosphoric ester groups is 1. The van der Waals surface area contributed by atoms with Crippen LogP contribution in [0.1, 0.15) is 53.7 Å². The van der Waals surface area contributed by atoms with E-state index in [4.69, 9.17) is 56.2 Å². The molecular formula is C37H40NO16P. The highest BCUT2D eigenvalue weighted by Crippen LogP contribution is 2.61. The van der Waals surface area contributed by atoms with Gasteiger partial charge in [0.2, 0.25) is 12.5 Å². The fraction of sp³-hybridized carbons (Fsp3) is 0.514. The average Bonchev–Trinajstić information content (AvgIpc) is 3.82. The van der Waals surface area contributed by atoms with Crippen LogP contribution in [0.3, 0.4) is 0 Å². The fourth-order valence-corrected chi connectivity index (χ4v) is 9.72. The van der Waals surface area contributed by atoms with Crippen molar-refractivity contribution >= 4 is 13.8 Å². The van der Waals surface area contributed by atoms with Crippen molar-refractivity contribution in [1.82, 2.24) is 4.98 Å². The Hall–Kier alpha value is -4.03. The van der Waals surface area contributed by atoms with E-state index in [1.165, 1.54) is 14.2 Å². The highest BCUT2D eigenvalue weighted by molar-refractivity contribution is 7.49. The Bertz CT molecular complexity index is 1960. The molecule has 3 aromatic rings. The third-order valence-corrected chi connectivity index (χ3v) is 12.3. The van der Waals surface area contributed by atoms with Gasteiger partial charge in [-0.3, -0.25) is 18.8 Å². The number of cyclic esters (lactones) is 1. The van der Waals surface area contributed by atoms with E-state index in [9.17, 15) is 19.6 Å². The van der Waals surface area contributed by atoms with Gasteiger partial charge in [-0.05, 0) is 65.6 Å². The first kappa shape index (κ1) is 36.6. The van der Waals surface area contributed by atoms with E-state index in [0.717, 1.165) is 5.56 Å². The van der Waals surface area contributed by atoms with Crippen LogP contribution in [0, 0.1) is 11.8 Å². The summed E-state index contributed by atoms with van der Waals surface area (Å²) in [5.74, 6) is -1.39. The second kappa shape index (κ2) is 14.5. The summed E-state index contributed by atoms with van der Waals surface area (Å²) in [4.78, 5) is 17.8. The lowest BCUT2D eigenvalue weighted by Gasteiger charge is -2.47. The molecule has 4 fully saturated rings. The number of nitrogens with zero attached hydrogens (tertiary/aromatic N) is 1. The van der Waals surface area contributed by atoms with Crippen molar-refractivity contribution < 1.29 is 75.8 Å². The number of aliphatic hydroxyl groups excluding tert-OH is 2. The topological polar surface area (TPSA) is 198 Å². The zero-order valence-corrected chi connectivity index (χ0v) is 30.9. The van der Waals surface area contributed by atoms with Crippen LogP contribution in [0.2, 0.25) is 0 Å². The summed E-state index contributed by atoms with van der Waals surface area (Å²) >= 11 is 0. The van der Waals surface area contributed by atoms with E-state index in [1.54, 1.807) is 55.7 Å². The first-order chi connectivity index (χ1) is 26.6. The number of rotatable bonds is 8. The van der Waals surface area contributed by atoms with E-state index in [1.807, 2.05) is 0 Å². The van der Waals surface area contributed by atoms with E-state index >= 15 is 0 Å². The maximum atomic E-state index is 14.0. The van der Waals surface area contributed by atoms with Gasteiger partial charge in [0.1, 0.15) is 24.4 Å². The van der Waals surface area contributed by atoms with Crippen molar-refractivity contribution in [3.8, 4) is 28.7 Å². The van der Waals surface area contributed by atoms with Gasteiger partial charge in [0.15, 0.2) is 35.6 Å². The molecule has 6 heterocycles. The molecule has 5 aliphatic heterocycles. The number of pyridine rings is 1. The van der Waals surface area contributed by atoms with Gasteiger partial charge in [-0.15, -0.1) is 0 Å². The molecule has 0 radical (unpaired) electrons. The molecule has 55 heavy (non-hydrogen) atoms. The Morgan fingerprint density at radius 2 is 1.62 bits per heavy atom. The van der Waals surface area contributed by atoms with E-state index in [0.29, 0.717) is 34.6 Å². The summed E-state index contributed by atoms with van der Waals surface area (Å²) in [6.45, 7) is 1.90. The number of ether oxygens (including phenoxy) is 9.